The van der Waals surface area contributed by atoms with Crippen LogP contribution in [0.15, 0.2) is 48.5 Å². The lowest BCUT2D eigenvalue weighted by atomic mass is 10.2. The number of anilines is 2. The van der Waals surface area contributed by atoms with E-state index in [1.54, 1.807) is 24.3 Å². The van der Waals surface area contributed by atoms with Crippen LogP contribution in [0.2, 0.25) is 0 Å². The molecule has 1 amide bonds. The molecule has 8 heteroatoms. The largest absolute Gasteiger partial charge is 0.476 e. The van der Waals surface area contributed by atoms with Crippen LogP contribution in [0.1, 0.15) is 0 Å². The van der Waals surface area contributed by atoms with E-state index >= 15 is 0 Å². The monoisotopic (exact) mass is 350 g/mol. The predicted octanol–water partition coefficient (Wildman–Crippen LogP) is 1.99. The zero-order chi connectivity index (χ0) is 17.3. The van der Waals surface area contributed by atoms with Gasteiger partial charge in [0, 0.05) is 5.69 Å². The average Bonchev–Trinajstić information content (AvgIpc) is 2.55. The topological polar surface area (TPSA) is 75.7 Å². The maximum Gasteiger partial charge on any atom is 0.267 e. The van der Waals surface area contributed by atoms with Crippen LogP contribution >= 0.6 is 0 Å². The number of hydrogen-bond acceptors (Lipinski definition) is 4. The number of ether oxygens (including phenoxy) is 1. The van der Waals surface area contributed by atoms with Gasteiger partial charge in [-0.1, -0.05) is 12.1 Å². The number of rotatable bonds is 3. The molecule has 0 radical (unpaired) electrons. The third-order valence-electron chi connectivity index (χ3n) is 3.54. The highest BCUT2D eigenvalue weighted by Crippen LogP contribution is 2.34. The van der Waals surface area contributed by atoms with Crippen LogP contribution in [0.3, 0.4) is 0 Å². The Morgan fingerprint density at radius 1 is 1.21 bits per heavy atom. The fourth-order valence-electron chi connectivity index (χ4n) is 2.41. The lowest BCUT2D eigenvalue weighted by molar-refractivity contribution is -0.122. The molecule has 2 aromatic rings. The van der Waals surface area contributed by atoms with Crippen molar-refractivity contribution < 1.29 is 22.3 Å². The van der Waals surface area contributed by atoms with Gasteiger partial charge in [0.1, 0.15) is 11.6 Å². The molecule has 0 aromatic heterocycles. The van der Waals surface area contributed by atoms with Crippen molar-refractivity contribution in [2.75, 3.05) is 22.4 Å². The molecule has 1 aliphatic rings. The summed E-state index contributed by atoms with van der Waals surface area (Å²) in [4.78, 5) is 12.4. The first-order chi connectivity index (χ1) is 11.3. The Hall–Kier alpha value is -2.61. The summed E-state index contributed by atoms with van der Waals surface area (Å²) in [5.74, 6) is -0.614. The number of halogens is 1. The van der Waals surface area contributed by atoms with Crippen molar-refractivity contribution in [3.05, 3.63) is 54.3 Å². The second-order valence-electron chi connectivity index (χ2n) is 5.36. The average molecular weight is 350 g/mol. The summed E-state index contributed by atoms with van der Waals surface area (Å²) in [6.45, 7) is -0.136. The van der Waals surface area contributed by atoms with Gasteiger partial charge in [-0.2, -0.15) is 0 Å². The van der Waals surface area contributed by atoms with E-state index in [-0.39, 0.29) is 6.54 Å². The van der Waals surface area contributed by atoms with Gasteiger partial charge in [0.05, 0.1) is 18.5 Å². The molecule has 0 saturated heterocycles. The molecular weight excluding hydrogens is 335 g/mol. The van der Waals surface area contributed by atoms with E-state index in [0.29, 0.717) is 17.1 Å². The number of amides is 1. The van der Waals surface area contributed by atoms with Gasteiger partial charge in [-0.25, -0.2) is 12.8 Å². The number of nitrogens with zero attached hydrogens (tertiary/aromatic N) is 1. The highest BCUT2D eigenvalue weighted by atomic mass is 32.2. The molecule has 0 bridgehead atoms. The number of para-hydroxylation sites is 2. The van der Waals surface area contributed by atoms with E-state index in [4.69, 9.17) is 4.74 Å². The van der Waals surface area contributed by atoms with Crippen molar-refractivity contribution in [1.82, 2.24) is 0 Å². The highest BCUT2D eigenvalue weighted by Gasteiger charge is 2.34. The van der Waals surface area contributed by atoms with E-state index in [9.17, 15) is 17.6 Å². The molecule has 0 fully saturated rings. The normalized spacial score (nSPS) is 16.9. The number of fused-ring (bicyclic) bond motifs is 1. The van der Waals surface area contributed by atoms with Crippen molar-refractivity contribution in [3.8, 4) is 5.75 Å². The molecule has 0 unspecified atom stereocenters. The molecule has 0 spiro atoms. The van der Waals surface area contributed by atoms with E-state index in [2.05, 4.69) is 5.32 Å². The molecule has 0 aliphatic carbocycles. The standard InChI is InChI=1S/C16H15FN2O4S/c1-24(21,22)19-10-15(23-14-5-3-2-4-13(14)19)16(20)18-12-8-6-11(17)7-9-12/h2-9,15H,10H2,1H3,(H,18,20)/t15-/m1/s1. The third kappa shape index (κ3) is 3.33. The number of nitrogens with one attached hydrogen (secondary N) is 1. The summed E-state index contributed by atoms with van der Waals surface area (Å²) in [5, 5.41) is 2.59. The Kier molecular flexibility index (Phi) is 4.15. The minimum atomic E-state index is -3.56. The SMILES string of the molecule is CS(=O)(=O)N1C[C@H](C(=O)Nc2ccc(F)cc2)Oc2ccccc21. The summed E-state index contributed by atoms with van der Waals surface area (Å²) in [5.41, 5.74) is 0.792. The van der Waals surface area contributed by atoms with Gasteiger partial charge in [-0.05, 0) is 36.4 Å². The fraction of sp³-hybridized carbons (Fsp3) is 0.188. The van der Waals surface area contributed by atoms with Crippen LogP contribution in [0, 0.1) is 5.82 Å². The van der Waals surface area contributed by atoms with Gasteiger partial charge in [0.2, 0.25) is 10.0 Å². The number of carbonyl (C=O) groups is 1. The van der Waals surface area contributed by atoms with Gasteiger partial charge < -0.3 is 10.1 Å². The van der Waals surface area contributed by atoms with Crippen molar-refractivity contribution >= 4 is 27.3 Å². The van der Waals surface area contributed by atoms with E-state index in [1.807, 2.05) is 0 Å². The number of sulfonamides is 1. The number of benzene rings is 2. The lowest BCUT2D eigenvalue weighted by Gasteiger charge is -2.33. The second kappa shape index (κ2) is 6.12. The van der Waals surface area contributed by atoms with Crippen LogP contribution < -0.4 is 14.4 Å². The van der Waals surface area contributed by atoms with Crippen LogP contribution in [0.4, 0.5) is 15.8 Å². The van der Waals surface area contributed by atoms with Crippen molar-refractivity contribution in [2.24, 2.45) is 0 Å². The van der Waals surface area contributed by atoms with E-state index in [1.165, 1.54) is 24.3 Å². The quantitative estimate of drug-likeness (QED) is 0.919. The fourth-order valence-corrected chi connectivity index (χ4v) is 3.32. The first-order valence-corrected chi connectivity index (χ1v) is 8.99. The summed E-state index contributed by atoms with van der Waals surface area (Å²) in [6.07, 6.45) is 0.0593. The second-order valence-corrected chi connectivity index (χ2v) is 7.27. The Balaban J connectivity index is 1.85. The Bertz CT molecular complexity index is 868. The predicted molar refractivity (Wildman–Crippen MR) is 88.1 cm³/mol. The first kappa shape index (κ1) is 16.3. The van der Waals surface area contributed by atoms with Gasteiger partial charge in [-0.3, -0.25) is 9.10 Å². The van der Waals surface area contributed by atoms with Crippen molar-refractivity contribution in [1.29, 1.82) is 0 Å². The van der Waals surface area contributed by atoms with Crippen LogP contribution in [0.25, 0.3) is 0 Å². The summed E-state index contributed by atoms with van der Waals surface area (Å²) in [7, 11) is -3.56. The summed E-state index contributed by atoms with van der Waals surface area (Å²) < 4.78 is 43.7. The zero-order valence-corrected chi connectivity index (χ0v) is 13.6. The lowest BCUT2D eigenvalue weighted by Crippen LogP contribution is -2.48. The van der Waals surface area contributed by atoms with Gasteiger partial charge in [0.25, 0.3) is 5.91 Å². The molecule has 24 heavy (non-hydrogen) atoms. The maximum absolute atomic E-state index is 12.9. The van der Waals surface area contributed by atoms with Crippen LogP contribution in [-0.2, 0) is 14.8 Å². The van der Waals surface area contributed by atoms with Crippen molar-refractivity contribution in [3.63, 3.8) is 0 Å². The van der Waals surface area contributed by atoms with E-state index < -0.39 is 27.9 Å². The number of carbonyl (C=O) groups excluding carboxylic acids is 1. The Morgan fingerprint density at radius 3 is 2.54 bits per heavy atom. The minimum Gasteiger partial charge on any atom is -0.476 e. The molecule has 1 N–H and O–H groups in total. The first-order valence-electron chi connectivity index (χ1n) is 7.14. The summed E-state index contributed by atoms with van der Waals surface area (Å²) in [6, 6.07) is 11.9. The molecule has 1 heterocycles. The Labute approximate surface area is 138 Å². The van der Waals surface area contributed by atoms with Crippen molar-refractivity contribution in [2.45, 2.75) is 6.10 Å². The molecule has 1 aliphatic heterocycles. The van der Waals surface area contributed by atoms with Gasteiger partial charge >= 0.3 is 0 Å². The van der Waals surface area contributed by atoms with Crippen LogP contribution in [0.5, 0.6) is 5.75 Å². The number of hydrogen-bond donors (Lipinski definition) is 1. The molecule has 6 nitrogen and oxygen atoms in total. The summed E-state index contributed by atoms with van der Waals surface area (Å²) >= 11 is 0. The molecule has 1 atom stereocenters. The van der Waals surface area contributed by atoms with Gasteiger partial charge in [0.15, 0.2) is 6.10 Å². The minimum absolute atomic E-state index is 0.136. The maximum atomic E-state index is 12.9. The molecular formula is C16H15FN2O4S. The van der Waals surface area contributed by atoms with Crippen LogP contribution in [-0.4, -0.2) is 33.2 Å². The molecule has 0 saturated carbocycles. The molecule has 2 aromatic carbocycles. The molecule has 3 rings (SSSR count). The third-order valence-corrected chi connectivity index (χ3v) is 4.69. The molecule has 126 valence electrons. The van der Waals surface area contributed by atoms with E-state index in [0.717, 1.165) is 10.6 Å². The Morgan fingerprint density at radius 2 is 1.88 bits per heavy atom. The van der Waals surface area contributed by atoms with Gasteiger partial charge in [-0.15, -0.1) is 0 Å². The zero-order valence-electron chi connectivity index (χ0n) is 12.8. The highest BCUT2D eigenvalue weighted by molar-refractivity contribution is 7.92. The smallest absolute Gasteiger partial charge is 0.267 e.